The molecule has 1 aromatic carbocycles. The van der Waals surface area contributed by atoms with Crippen molar-refractivity contribution < 1.29 is 14.0 Å². The first kappa shape index (κ1) is 18.9. The second-order valence-electron chi connectivity index (χ2n) is 5.63. The molecule has 6 nitrogen and oxygen atoms in total. The Morgan fingerprint density at radius 1 is 1.12 bits per heavy atom. The smallest absolute Gasteiger partial charge is 0.270 e. The second-order valence-corrected chi connectivity index (χ2v) is 6.01. The zero-order valence-electron chi connectivity index (χ0n) is 14.2. The van der Waals surface area contributed by atoms with Crippen molar-refractivity contribution in [2.75, 3.05) is 33.2 Å². The van der Waals surface area contributed by atoms with Gasteiger partial charge in [-0.15, -0.1) is 0 Å². The van der Waals surface area contributed by atoms with Gasteiger partial charge in [0.05, 0.1) is 0 Å². The van der Waals surface area contributed by atoms with E-state index in [1.807, 2.05) is 4.90 Å². The van der Waals surface area contributed by atoms with E-state index < -0.39 is 0 Å². The fourth-order valence-corrected chi connectivity index (χ4v) is 2.69. The van der Waals surface area contributed by atoms with Gasteiger partial charge < -0.3 is 20.4 Å². The average Bonchev–Trinajstić information content (AvgIpc) is 2.61. The first-order valence-electron chi connectivity index (χ1n) is 7.91. The summed E-state index contributed by atoms with van der Waals surface area (Å²) in [6.07, 6.45) is 1.55. The summed E-state index contributed by atoms with van der Waals surface area (Å²) >= 11 is 5.20. The number of carbonyl (C=O) groups is 2. The van der Waals surface area contributed by atoms with Crippen LogP contribution in [0.15, 0.2) is 30.0 Å². The number of carbonyl (C=O) groups excluding carboxylic acids is 2. The van der Waals surface area contributed by atoms with Crippen LogP contribution in [0.3, 0.4) is 0 Å². The van der Waals surface area contributed by atoms with Crippen LogP contribution in [0.25, 0.3) is 6.08 Å². The normalized spacial score (nSPS) is 14.9. The van der Waals surface area contributed by atoms with Gasteiger partial charge in [0.25, 0.3) is 5.91 Å². The zero-order valence-corrected chi connectivity index (χ0v) is 15.0. The maximum atomic E-state index is 13.0. The second kappa shape index (κ2) is 8.57. The molecule has 0 saturated carbocycles. The number of benzene rings is 1. The molecule has 1 fully saturated rings. The van der Waals surface area contributed by atoms with Crippen LogP contribution in [-0.2, 0) is 9.59 Å². The number of rotatable bonds is 3. The lowest BCUT2D eigenvalue weighted by Gasteiger charge is -2.36. The molecule has 0 spiro atoms. The Hall–Kier alpha value is -2.48. The molecule has 2 amide bonds. The maximum absolute atomic E-state index is 13.0. The lowest BCUT2D eigenvalue weighted by Crippen LogP contribution is -2.53. The molecular weight excluding hydrogens is 343 g/mol. The number of halogens is 1. The lowest BCUT2D eigenvalue weighted by molar-refractivity contribution is -0.130. The number of hydrogen-bond donors (Lipinski definition) is 2. The minimum absolute atomic E-state index is 0.170. The van der Waals surface area contributed by atoms with Crippen molar-refractivity contribution in [3.63, 3.8) is 0 Å². The van der Waals surface area contributed by atoms with Gasteiger partial charge in [0.15, 0.2) is 5.11 Å². The Morgan fingerprint density at radius 3 is 2.20 bits per heavy atom. The fraction of sp³-hybridized carbons (Fsp3) is 0.353. The molecule has 1 heterocycles. The molecule has 0 aliphatic carbocycles. The summed E-state index contributed by atoms with van der Waals surface area (Å²) in [5.74, 6) is -0.965. The molecule has 0 radical (unpaired) electrons. The van der Waals surface area contributed by atoms with E-state index in [1.165, 1.54) is 19.1 Å². The zero-order chi connectivity index (χ0) is 18.4. The highest BCUT2D eigenvalue weighted by molar-refractivity contribution is 7.80. The first-order chi connectivity index (χ1) is 11.9. The summed E-state index contributed by atoms with van der Waals surface area (Å²) in [6.45, 7) is 3.59. The van der Waals surface area contributed by atoms with E-state index in [0.717, 1.165) is 0 Å². The highest BCUT2D eigenvalue weighted by Crippen LogP contribution is 2.11. The van der Waals surface area contributed by atoms with Crippen molar-refractivity contribution in [1.82, 2.24) is 20.4 Å². The molecule has 1 saturated heterocycles. The third-order valence-corrected chi connectivity index (χ3v) is 4.25. The summed E-state index contributed by atoms with van der Waals surface area (Å²) in [7, 11) is 1.76. The Bertz CT molecular complexity index is 682. The van der Waals surface area contributed by atoms with E-state index in [0.29, 0.717) is 36.9 Å². The van der Waals surface area contributed by atoms with E-state index in [4.69, 9.17) is 12.2 Å². The van der Waals surface area contributed by atoms with Crippen LogP contribution < -0.4 is 10.6 Å². The third kappa shape index (κ3) is 5.25. The molecular formula is C17H21FN4O2S. The minimum atomic E-state index is -0.360. The highest BCUT2D eigenvalue weighted by atomic mass is 32.1. The topological polar surface area (TPSA) is 64.7 Å². The van der Waals surface area contributed by atoms with Crippen molar-refractivity contribution in [2.24, 2.45) is 0 Å². The highest BCUT2D eigenvalue weighted by Gasteiger charge is 2.25. The van der Waals surface area contributed by atoms with Crippen molar-refractivity contribution in [2.45, 2.75) is 6.92 Å². The predicted octanol–water partition coefficient (Wildman–Crippen LogP) is 0.951. The molecule has 25 heavy (non-hydrogen) atoms. The molecule has 1 aliphatic rings. The van der Waals surface area contributed by atoms with Gasteiger partial charge in [-0.05, 0) is 36.0 Å². The van der Waals surface area contributed by atoms with Crippen molar-refractivity contribution >= 4 is 35.2 Å². The standard InChI is InChI=1S/C17H21FN4O2S/c1-12(23)20-15(11-13-3-5-14(18)6-4-13)16(24)21-7-9-22(10-8-21)17(25)19-2/h3-6,11H,7-10H2,1-2H3,(H,19,25)(H,20,23). The Balaban J connectivity index is 2.12. The molecule has 1 aliphatic heterocycles. The molecule has 0 unspecified atom stereocenters. The number of hydrogen-bond acceptors (Lipinski definition) is 3. The number of piperazine rings is 1. The molecule has 2 rings (SSSR count). The van der Waals surface area contributed by atoms with Crippen molar-refractivity contribution in [1.29, 1.82) is 0 Å². The van der Waals surface area contributed by atoms with Gasteiger partial charge in [0.2, 0.25) is 5.91 Å². The van der Waals surface area contributed by atoms with E-state index in [1.54, 1.807) is 30.2 Å². The molecule has 2 N–H and O–H groups in total. The largest absolute Gasteiger partial charge is 0.366 e. The molecule has 134 valence electrons. The van der Waals surface area contributed by atoms with E-state index in [9.17, 15) is 14.0 Å². The SMILES string of the molecule is CNC(=S)N1CCN(C(=O)C(=Cc2ccc(F)cc2)NC(C)=O)CC1. The van der Waals surface area contributed by atoms with E-state index in [-0.39, 0.29) is 23.3 Å². The van der Waals surface area contributed by atoms with Crippen LogP contribution in [0.2, 0.25) is 0 Å². The van der Waals surface area contributed by atoms with Crippen LogP contribution in [-0.4, -0.2) is 60.0 Å². The van der Waals surface area contributed by atoms with Gasteiger partial charge in [-0.2, -0.15) is 0 Å². The van der Waals surface area contributed by atoms with Crippen molar-refractivity contribution in [3.8, 4) is 0 Å². The summed E-state index contributed by atoms with van der Waals surface area (Å²) in [5.41, 5.74) is 0.803. The fourth-order valence-electron chi connectivity index (χ4n) is 2.51. The monoisotopic (exact) mass is 364 g/mol. The Kier molecular flexibility index (Phi) is 6.46. The van der Waals surface area contributed by atoms with Crippen LogP contribution in [0.1, 0.15) is 12.5 Å². The Morgan fingerprint density at radius 2 is 1.68 bits per heavy atom. The van der Waals surface area contributed by atoms with Crippen LogP contribution in [0.4, 0.5) is 4.39 Å². The van der Waals surface area contributed by atoms with Crippen LogP contribution in [0, 0.1) is 5.82 Å². The van der Waals surface area contributed by atoms with Gasteiger partial charge in [0, 0.05) is 40.2 Å². The molecule has 0 bridgehead atoms. The van der Waals surface area contributed by atoms with Crippen LogP contribution in [0.5, 0.6) is 0 Å². The summed E-state index contributed by atoms with van der Waals surface area (Å²) in [4.78, 5) is 27.9. The third-order valence-electron chi connectivity index (χ3n) is 3.79. The maximum Gasteiger partial charge on any atom is 0.270 e. The number of thiocarbonyl (C=S) groups is 1. The number of amides is 2. The molecule has 0 aromatic heterocycles. The quantitative estimate of drug-likeness (QED) is 0.618. The molecule has 8 heteroatoms. The van der Waals surface area contributed by atoms with E-state index >= 15 is 0 Å². The Labute approximate surface area is 151 Å². The van der Waals surface area contributed by atoms with Gasteiger partial charge >= 0.3 is 0 Å². The first-order valence-corrected chi connectivity index (χ1v) is 8.32. The lowest BCUT2D eigenvalue weighted by atomic mass is 10.1. The van der Waals surface area contributed by atoms with Gasteiger partial charge in [-0.1, -0.05) is 12.1 Å². The van der Waals surface area contributed by atoms with E-state index in [2.05, 4.69) is 10.6 Å². The number of nitrogens with zero attached hydrogens (tertiary/aromatic N) is 2. The summed E-state index contributed by atoms with van der Waals surface area (Å²) in [6, 6.07) is 5.71. The average molecular weight is 364 g/mol. The minimum Gasteiger partial charge on any atom is -0.366 e. The van der Waals surface area contributed by atoms with Gasteiger partial charge in [-0.3, -0.25) is 9.59 Å². The van der Waals surface area contributed by atoms with Gasteiger partial charge in [0.1, 0.15) is 11.5 Å². The summed E-state index contributed by atoms with van der Waals surface area (Å²) in [5, 5.41) is 6.14. The van der Waals surface area contributed by atoms with Crippen molar-refractivity contribution in [3.05, 3.63) is 41.3 Å². The number of nitrogens with one attached hydrogen (secondary N) is 2. The van der Waals surface area contributed by atoms with Gasteiger partial charge in [-0.25, -0.2) is 4.39 Å². The molecule has 1 aromatic rings. The molecule has 0 atom stereocenters. The summed E-state index contributed by atoms with van der Waals surface area (Å²) < 4.78 is 13.0. The van der Waals surface area contributed by atoms with Crippen LogP contribution >= 0.6 is 12.2 Å². The predicted molar refractivity (Wildman–Crippen MR) is 98.0 cm³/mol.